The van der Waals surface area contributed by atoms with E-state index in [-0.39, 0.29) is 0 Å². The van der Waals surface area contributed by atoms with Crippen LogP contribution < -0.4 is 0 Å². The molecule has 6 heteroatoms. The van der Waals surface area contributed by atoms with Crippen molar-refractivity contribution in [3.8, 4) is 11.1 Å². The van der Waals surface area contributed by atoms with Crippen molar-refractivity contribution in [1.82, 2.24) is 25.1 Å². The molecule has 3 aromatic heterocycles. The Bertz CT molecular complexity index is 881. The topological polar surface area (TPSA) is 69.8 Å². The molecule has 1 fully saturated rings. The van der Waals surface area contributed by atoms with E-state index >= 15 is 0 Å². The molecule has 170 valence electrons. The lowest BCUT2D eigenvalue weighted by atomic mass is 9.81. The molecule has 0 aliphatic heterocycles. The van der Waals surface area contributed by atoms with E-state index in [0.717, 1.165) is 24.4 Å². The van der Waals surface area contributed by atoms with Crippen LogP contribution in [0.1, 0.15) is 70.8 Å². The van der Waals surface area contributed by atoms with Gasteiger partial charge < -0.3 is 9.72 Å². The summed E-state index contributed by atoms with van der Waals surface area (Å²) in [5.41, 5.74) is 4.58. The summed E-state index contributed by atoms with van der Waals surface area (Å²) in [6.45, 7) is 9.56. The summed E-state index contributed by atoms with van der Waals surface area (Å²) in [4.78, 5) is 10.6. The summed E-state index contributed by atoms with van der Waals surface area (Å²) in [6.07, 6.45) is 15.3. The van der Waals surface area contributed by atoms with E-state index in [0.29, 0.717) is 12.0 Å². The third kappa shape index (κ3) is 5.95. The molecule has 4 rings (SSSR count). The van der Waals surface area contributed by atoms with Gasteiger partial charge in [0.25, 0.3) is 0 Å². The fourth-order valence-electron chi connectivity index (χ4n) is 4.63. The average molecular weight is 426 g/mol. The Morgan fingerprint density at radius 1 is 1.06 bits per heavy atom. The molecule has 0 spiro atoms. The second kappa shape index (κ2) is 12.0. The molecule has 2 N–H and O–H groups in total. The predicted octanol–water partition coefficient (Wildman–Crippen LogP) is 5.75. The van der Waals surface area contributed by atoms with Crippen LogP contribution in [0.4, 0.5) is 0 Å². The highest BCUT2D eigenvalue weighted by molar-refractivity contribution is 5.93. The van der Waals surface area contributed by atoms with Gasteiger partial charge in [-0.15, -0.1) is 0 Å². The molecule has 0 atom stereocenters. The van der Waals surface area contributed by atoms with Gasteiger partial charge >= 0.3 is 0 Å². The Hall–Kier alpha value is -2.18. The van der Waals surface area contributed by atoms with E-state index in [9.17, 15) is 0 Å². The number of fused-ring (bicyclic) bond motifs is 1. The predicted molar refractivity (Wildman–Crippen MR) is 128 cm³/mol. The minimum Gasteiger partial charge on any atom is -0.383 e. The minimum absolute atomic E-state index is 0.603. The maximum absolute atomic E-state index is 5.32. The summed E-state index contributed by atoms with van der Waals surface area (Å²) in [5.74, 6) is 0.603. The van der Waals surface area contributed by atoms with Gasteiger partial charge in [-0.3, -0.25) is 10.00 Å². The quantitative estimate of drug-likeness (QED) is 0.482. The number of hydrogen-bond donors (Lipinski definition) is 2. The first-order valence-electron chi connectivity index (χ1n) is 11.9. The number of pyridine rings is 1. The molecule has 0 radical (unpaired) electrons. The van der Waals surface area contributed by atoms with Gasteiger partial charge in [-0.05, 0) is 56.2 Å². The fourth-order valence-corrected chi connectivity index (χ4v) is 4.63. The number of ether oxygens (including phenoxy) is 1. The highest BCUT2D eigenvalue weighted by atomic mass is 16.5. The zero-order valence-corrected chi connectivity index (χ0v) is 19.7. The summed E-state index contributed by atoms with van der Waals surface area (Å²) >= 11 is 0. The molecule has 6 nitrogen and oxygen atoms in total. The van der Waals surface area contributed by atoms with Crippen LogP contribution in [0, 0.1) is 0 Å². The monoisotopic (exact) mass is 425 g/mol. The number of hydrogen-bond acceptors (Lipinski definition) is 4. The third-order valence-corrected chi connectivity index (χ3v) is 6.14. The van der Waals surface area contributed by atoms with Crippen molar-refractivity contribution >= 4 is 11.0 Å². The van der Waals surface area contributed by atoms with Crippen LogP contribution in [-0.4, -0.2) is 57.9 Å². The normalized spacial score (nSPS) is 18.9. The average Bonchev–Trinajstić information content (AvgIpc) is 3.46. The number of H-pyrrole nitrogens is 2. The van der Waals surface area contributed by atoms with Crippen LogP contribution in [0.5, 0.6) is 0 Å². The first-order chi connectivity index (χ1) is 15.2. The number of aromatic nitrogens is 4. The molecule has 3 heterocycles. The highest BCUT2D eigenvalue weighted by Crippen LogP contribution is 2.37. The second-order valence-corrected chi connectivity index (χ2v) is 8.60. The van der Waals surface area contributed by atoms with Crippen LogP contribution >= 0.6 is 0 Å². The minimum atomic E-state index is 0.603. The van der Waals surface area contributed by atoms with Crippen molar-refractivity contribution in [3.63, 3.8) is 0 Å². The molecule has 0 aromatic carbocycles. The molecule has 0 unspecified atom stereocenters. The van der Waals surface area contributed by atoms with E-state index < -0.39 is 0 Å². The molecule has 1 aliphatic carbocycles. The molecule has 1 saturated carbocycles. The first-order valence-corrected chi connectivity index (χ1v) is 11.9. The molecular formula is C25H39N5O. The Kier molecular flexibility index (Phi) is 9.10. The van der Waals surface area contributed by atoms with E-state index in [1.807, 2.05) is 18.6 Å². The van der Waals surface area contributed by atoms with Crippen LogP contribution in [0.25, 0.3) is 22.2 Å². The van der Waals surface area contributed by atoms with Gasteiger partial charge in [0.15, 0.2) is 0 Å². The summed E-state index contributed by atoms with van der Waals surface area (Å²) < 4.78 is 5.32. The zero-order chi connectivity index (χ0) is 22.1. The molecule has 0 amide bonds. The summed E-state index contributed by atoms with van der Waals surface area (Å²) in [5, 5.41) is 8.18. The third-order valence-electron chi connectivity index (χ3n) is 6.14. The van der Waals surface area contributed by atoms with Crippen molar-refractivity contribution in [2.24, 2.45) is 0 Å². The molecule has 3 aromatic rings. The number of aromatic amines is 2. The van der Waals surface area contributed by atoms with Gasteiger partial charge in [-0.25, -0.2) is 4.98 Å². The van der Waals surface area contributed by atoms with Gasteiger partial charge in [0.2, 0.25) is 0 Å². The van der Waals surface area contributed by atoms with E-state index in [2.05, 4.69) is 53.1 Å². The van der Waals surface area contributed by atoms with Crippen LogP contribution in [0.2, 0.25) is 0 Å². The van der Waals surface area contributed by atoms with Gasteiger partial charge in [0.1, 0.15) is 5.65 Å². The van der Waals surface area contributed by atoms with Crippen molar-refractivity contribution in [2.45, 2.75) is 71.3 Å². The van der Waals surface area contributed by atoms with E-state index in [1.54, 1.807) is 7.11 Å². The Labute approximate surface area is 186 Å². The van der Waals surface area contributed by atoms with Crippen molar-refractivity contribution in [2.75, 3.05) is 26.8 Å². The highest BCUT2D eigenvalue weighted by Gasteiger charge is 2.26. The molecular weight excluding hydrogens is 386 g/mol. The van der Waals surface area contributed by atoms with Crippen molar-refractivity contribution in [1.29, 1.82) is 0 Å². The van der Waals surface area contributed by atoms with Gasteiger partial charge in [0.05, 0.1) is 12.8 Å². The molecule has 31 heavy (non-hydrogen) atoms. The van der Waals surface area contributed by atoms with E-state index in [1.165, 1.54) is 61.6 Å². The van der Waals surface area contributed by atoms with Crippen molar-refractivity contribution in [3.05, 3.63) is 36.4 Å². The first kappa shape index (κ1) is 23.5. The summed E-state index contributed by atoms with van der Waals surface area (Å²) in [7, 11) is 1.79. The number of methoxy groups -OCH3 is 1. The number of nitrogens with one attached hydrogen (secondary N) is 2. The Morgan fingerprint density at radius 2 is 1.84 bits per heavy atom. The van der Waals surface area contributed by atoms with E-state index in [4.69, 9.17) is 9.72 Å². The molecule has 0 saturated heterocycles. The number of rotatable bonds is 8. The zero-order valence-electron chi connectivity index (χ0n) is 19.7. The lowest BCUT2D eigenvalue weighted by Gasteiger charge is -2.37. The lowest BCUT2D eigenvalue weighted by Crippen LogP contribution is -2.40. The van der Waals surface area contributed by atoms with Crippen LogP contribution in [0.15, 0.2) is 30.9 Å². The lowest BCUT2D eigenvalue weighted by molar-refractivity contribution is 0.0990. The Balaban J connectivity index is 0.000000858. The largest absolute Gasteiger partial charge is 0.383 e. The standard InChI is InChI=1S/C22H31N5O.C3H8/c1-3-8-27(9-10-28-2)19-6-4-16(5-7-19)17-11-20-21(18-13-25-26-14-18)15-24-22(20)23-12-17;1-3-2/h11-16,19H,3-10H2,1-2H3,(H,23,24)(H,25,26);3H2,1-2H3. The number of nitrogens with zero attached hydrogens (tertiary/aromatic N) is 3. The van der Waals surface area contributed by atoms with Crippen molar-refractivity contribution < 1.29 is 4.74 Å². The van der Waals surface area contributed by atoms with Crippen LogP contribution in [-0.2, 0) is 4.74 Å². The molecule has 0 bridgehead atoms. The summed E-state index contributed by atoms with van der Waals surface area (Å²) in [6, 6.07) is 3.03. The SMILES string of the molecule is CCC.CCCN(CCOC)C1CCC(c2cnc3[nH]cc(-c4cn[nH]c4)c3c2)CC1. The molecule has 1 aliphatic rings. The maximum atomic E-state index is 5.32. The van der Waals surface area contributed by atoms with Gasteiger partial charge in [0, 0.05) is 54.8 Å². The smallest absolute Gasteiger partial charge is 0.137 e. The second-order valence-electron chi connectivity index (χ2n) is 8.60. The Morgan fingerprint density at radius 3 is 2.48 bits per heavy atom. The maximum Gasteiger partial charge on any atom is 0.137 e. The fraction of sp³-hybridized carbons (Fsp3) is 0.600. The van der Waals surface area contributed by atoms with Gasteiger partial charge in [-0.2, -0.15) is 5.10 Å². The van der Waals surface area contributed by atoms with Gasteiger partial charge in [-0.1, -0.05) is 27.2 Å². The van der Waals surface area contributed by atoms with Crippen LogP contribution in [0.3, 0.4) is 0 Å².